The molecule has 0 aromatic rings. The zero-order chi connectivity index (χ0) is 11.5. The van der Waals surface area contributed by atoms with Gasteiger partial charge in [-0.05, 0) is 25.3 Å². The Kier molecular flexibility index (Phi) is 10.4. The molecule has 0 rings (SSSR count). The second kappa shape index (κ2) is 10.4. The highest BCUT2D eigenvalue weighted by Gasteiger charge is 2.15. The lowest BCUT2D eigenvalue weighted by atomic mass is 9.93. The highest BCUT2D eigenvalue weighted by molar-refractivity contribution is 4.72. The van der Waals surface area contributed by atoms with Gasteiger partial charge in [0.15, 0.2) is 0 Å². The molecule has 2 unspecified atom stereocenters. The number of hydrogen-bond acceptors (Lipinski definition) is 2. The maximum absolute atomic E-state index is 5.14. The largest absolute Gasteiger partial charge is 0.385 e. The fourth-order valence-electron chi connectivity index (χ4n) is 1.97. The number of nitrogens with one attached hydrogen (secondary N) is 1. The maximum Gasteiger partial charge on any atom is 0.0465 e. The van der Waals surface area contributed by atoms with Crippen molar-refractivity contribution in [2.45, 2.75) is 58.9 Å². The second-order valence-electron chi connectivity index (χ2n) is 4.42. The van der Waals surface area contributed by atoms with E-state index in [1.54, 1.807) is 7.11 Å². The standard InChI is InChI=1S/C13H29NO/c1-5-7-8-9-13(14-6-2)12(3)10-11-15-4/h12-14H,5-11H2,1-4H3. The molecule has 2 nitrogen and oxygen atoms in total. The van der Waals surface area contributed by atoms with Crippen molar-refractivity contribution in [3.8, 4) is 0 Å². The van der Waals surface area contributed by atoms with Gasteiger partial charge in [-0.15, -0.1) is 0 Å². The molecule has 0 aliphatic rings. The van der Waals surface area contributed by atoms with Crippen molar-refractivity contribution in [2.75, 3.05) is 20.3 Å². The van der Waals surface area contributed by atoms with Gasteiger partial charge in [0.2, 0.25) is 0 Å². The van der Waals surface area contributed by atoms with Crippen LogP contribution in [-0.2, 0) is 4.74 Å². The molecule has 0 aromatic carbocycles. The van der Waals surface area contributed by atoms with Crippen molar-refractivity contribution in [1.29, 1.82) is 0 Å². The van der Waals surface area contributed by atoms with Crippen molar-refractivity contribution in [3.05, 3.63) is 0 Å². The number of unbranched alkanes of at least 4 members (excludes halogenated alkanes) is 2. The number of ether oxygens (including phenoxy) is 1. The van der Waals surface area contributed by atoms with Crippen LogP contribution in [0.15, 0.2) is 0 Å². The van der Waals surface area contributed by atoms with E-state index in [2.05, 4.69) is 26.1 Å². The molecule has 0 aromatic heterocycles. The summed E-state index contributed by atoms with van der Waals surface area (Å²) >= 11 is 0. The van der Waals surface area contributed by atoms with E-state index >= 15 is 0 Å². The number of rotatable bonds is 10. The quantitative estimate of drug-likeness (QED) is 0.565. The maximum atomic E-state index is 5.14. The van der Waals surface area contributed by atoms with Crippen LogP contribution in [0, 0.1) is 5.92 Å². The minimum atomic E-state index is 0.677. The molecule has 0 spiro atoms. The Morgan fingerprint density at radius 3 is 2.40 bits per heavy atom. The number of hydrogen-bond donors (Lipinski definition) is 1. The van der Waals surface area contributed by atoms with Gasteiger partial charge in [-0.1, -0.05) is 40.0 Å². The fraction of sp³-hybridized carbons (Fsp3) is 1.00. The van der Waals surface area contributed by atoms with E-state index < -0.39 is 0 Å². The van der Waals surface area contributed by atoms with Crippen LogP contribution in [0.5, 0.6) is 0 Å². The summed E-state index contributed by atoms with van der Waals surface area (Å²) in [4.78, 5) is 0. The molecule has 2 atom stereocenters. The Bertz CT molecular complexity index is 128. The summed E-state index contributed by atoms with van der Waals surface area (Å²) in [5.74, 6) is 0.724. The van der Waals surface area contributed by atoms with Crippen LogP contribution >= 0.6 is 0 Å². The molecule has 0 saturated carbocycles. The first kappa shape index (κ1) is 14.9. The van der Waals surface area contributed by atoms with Gasteiger partial charge in [0.25, 0.3) is 0 Å². The molecule has 15 heavy (non-hydrogen) atoms. The summed E-state index contributed by atoms with van der Waals surface area (Å²) in [6.07, 6.45) is 6.50. The van der Waals surface area contributed by atoms with E-state index in [1.165, 1.54) is 32.1 Å². The summed E-state index contributed by atoms with van der Waals surface area (Å²) in [5, 5.41) is 3.59. The van der Waals surface area contributed by atoms with Gasteiger partial charge in [-0.3, -0.25) is 0 Å². The molecule has 0 radical (unpaired) electrons. The zero-order valence-corrected chi connectivity index (χ0v) is 11.0. The predicted molar refractivity (Wildman–Crippen MR) is 67.3 cm³/mol. The molecule has 0 amide bonds. The summed E-state index contributed by atoms with van der Waals surface area (Å²) in [5.41, 5.74) is 0. The van der Waals surface area contributed by atoms with Gasteiger partial charge >= 0.3 is 0 Å². The molecule has 0 heterocycles. The molecule has 2 heteroatoms. The predicted octanol–water partition coefficient (Wildman–Crippen LogP) is 3.22. The zero-order valence-electron chi connectivity index (χ0n) is 11.0. The van der Waals surface area contributed by atoms with Crippen molar-refractivity contribution in [3.63, 3.8) is 0 Å². The van der Waals surface area contributed by atoms with Crippen LogP contribution < -0.4 is 5.32 Å². The van der Waals surface area contributed by atoms with E-state index in [-0.39, 0.29) is 0 Å². The molecule has 0 saturated heterocycles. The normalized spacial score (nSPS) is 15.2. The average molecular weight is 215 g/mol. The molecule has 0 aliphatic heterocycles. The minimum absolute atomic E-state index is 0.677. The second-order valence-corrected chi connectivity index (χ2v) is 4.42. The Labute approximate surface area is 95.8 Å². The van der Waals surface area contributed by atoms with Crippen molar-refractivity contribution in [2.24, 2.45) is 5.92 Å². The average Bonchev–Trinajstić information content (AvgIpc) is 2.25. The van der Waals surface area contributed by atoms with Crippen LogP contribution in [-0.4, -0.2) is 26.3 Å². The Morgan fingerprint density at radius 2 is 1.87 bits per heavy atom. The molecule has 0 fully saturated rings. The monoisotopic (exact) mass is 215 g/mol. The van der Waals surface area contributed by atoms with Crippen molar-refractivity contribution < 1.29 is 4.74 Å². The summed E-state index contributed by atoms with van der Waals surface area (Å²) in [6.45, 7) is 8.75. The number of methoxy groups -OCH3 is 1. The van der Waals surface area contributed by atoms with Gasteiger partial charge in [-0.25, -0.2) is 0 Å². The van der Waals surface area contributed by atoms with Crippen LogP contribution in [0.3, 0.4) is 0 Å². The topological polar surface area (TPSA) is 21.3 Å². The van der Waals surface area contributed by atoms with Crippen molar-refractivity contribution in [1.82, 2.24) is 5.32 Å². The van der Waals surface area contributed by atoms with Gasteiger partial charge in [0, 0.05) is 19.8 Å². The molecule has 1 N–H and O–H groups in total. The first-order valence-corrected chi connectivity index (χ1v) is 6.48. The lowest BCUT2D eigenvalue weighted by Crippen LogP contribution is -2.35. The third-order valence-corrected chi connectivity index (χ3v) is 3.05. The summed E-state index contributed by atoms with van der Waals surface area (Å²) in [7, 11) is 1.78. The molecule has 92 valence electrons. The van der Waals surface area contributed by atoms with E-state index in [4.69, 9.17) is 4.74 Å². The molecular formula is C13H29NO. The lowest BCUT2D eigenvalue weighted by molar-refractivity contribution is 0.168. The third kappa shape index (κ3) is 7.80. The smallest absolute Gasteiger partial charge is 0.0465 e. The van der Waals surface area contributed by atoms with Crippen LogP contribution in [0.25, 0.3) is 0 Å². The first-order chi connectivity index (χ1) is 7.26. The summed E-state index contributed by atoms with van der Waals surface area (Å²) in [6, 6.07) is 0.677. The van der Waals surface area contributed by atoms with Crippen LogP contribution in [0.2, 0.25) is 0 Å². The van der Waals surface area contributed by atoms with Gasteiger partial charge < -0.3 is 10.1 Å². The van der Waals surface area contributed by atoms with Gasteiger partial charge in [0.1, 0.15) is 0 Å². The van der Waals surface area contributed by atoms with E-state index in [1.807, 2.05) is 0 Å². The van der Waals surface area contributed by atoms with E-state index in [0.29, 0.717) is 6.04 Å². The fourth-order valence-corrected chi connectivity index (χ4v) is 1.97. The lowest BCUT2D eigenvalue weighted by Gasteiger charge is -2.24. The van der Waals surface area contributed by atoms with Gasteiger partial charge in [0.05, 0.1) is 0 Å². The first-order valence-electron chi connectivity index (χ1n) is 6.48. The Morgan fingerprint density at radius 1 is 1.13 bits per heavy atom. The summed E-state index contributed by atoms with van der Waals surface area (Å²) < 4.78 is 5.14. The van der Waals surface area contributed by atoms with E-state index in [9.17, 15) is 0 Å². The highest BCUT2D eigenvalue weighted by atomic mass is 16.5. The van der Waals surface area contributed by atoms with Crippen molar-refractivity contribution >= 4 is 0 Å². The van der Waals surface area contributed by atoms with Gasteiger partial charge in [-0.2, -0.15) is 0 Å². The third-order valence-electron chi connectivity index (χ3n) is 3.05. The van der Waals surface area contributed by atoms with Crippen LogP contribution in [0.4, 0.5) is 0 Å². The highest BCUT2D eigenvalue weighted by Crippen LogP contribution is 2.15. The van der Waals surface area contributed by atoms with Crippen LogP contribution in [0.1, 0.15) is 52.9 Å². The Balaban J connectivity index is 3.77. The molecule has 0 aliphatic carbocycles. The SMILES string of the molecule is CCCCCC(NCC)C(C)CCOC. The van der Waals surface area contributed by atoms with E-state index in [0.717, 1.165) is 19.1 Å². The Hall–Kier alpha value is -0.0800. The minimum Gasteiger partial charge on any atom is -0.385 e. The molecule has 0 bridgehead atoms. The molecular weight excluding hydrogens is 186 g/mol.